The van der Waals surface area contributed by atoms with Crippen LogP contribution < -0.4 is 0 Å². The number of rotatable bonds is 10. The van der Waals surface area contributed by atoms with Crippen LogP contribution in [-0.2, 0) is 0 Å². The van der Waals surface area contributed by atoms with E-state index >= 15 is 0 Å². The smallest absolute Gasteiger partial charge is 0.0577 e. The summed E-state index contributed by atoms with van der Waals surface area (Å²) in [5, 5.41) is 21.0. The standard InChI is InChI=1S/C23H41NO2/c1-24(2)13-7-3-4-8-17-14-19-16-23(26)20(21(19)15-17)11-12-22(25)18-9-5-6-10-18/h14,18-23,25-26H,3-13,15-16H2,1-2H3/t19-,20+,21-,22-,23+/m0/s1. The van der Waals surface area contributed by atoms with Crippen LogP contribution in [0.5, 0.6) is 0 Å². The summed E-state index contributed by atoms with van der Waals surface area (Å²) in [7, 11) is 4.30. The molecule has 0 aromatic rings. The molecule has 3 aliphatic rings. The van der Waals surface area contributed by atoms with Crippen molar-refractivity contribution < 1.29 is 10.2 Å². The molecule has 3 aliphatic carbocycles. The van der Waals surface area contributed by atoms with E-state index in [1.807, 2.05) is 0 Å². The lowest BCUT2D eigenvalue weighted by atomic mass is 9.84. The van der Waals surface area contributed by atoms with Gasteiger partial charge in [-0.3, -0.25) is 0 Å². The first kappa shape index (κ1) is 20.4. The van der Waals surface area contributed by atoms with Gasteiger partial charge >= 0.3 is 0 Å². The van der Waals surface area contributed by atoms with Gasteiger partial charge in [-0.15, -0.1) is 0 Å². The Bertz CT molecular complexity index is 455. The Morgan fingerprint density at radius 3 is 2.65 bits per heavy atom. The number of aliphatic hydroxyl groups excluding tert-OH is 2. The van der Waals surface area contributed by atoms with E-state index in [4.69, 9.17) is 0 Å². The molecule has 0 amide bonds. The molecule has 2 fully saturated rings. The van der Waals surface area contributed by atoms with Crippen molar-refractivity contribution in [2.24, 2.45) is 23.7 Å². The van der Waals surface area contributed by atoms with E-state index < -0.39 is 0 Å². The van der Waals surface area contributed by atoms with Crippen LogP contribution >= 0.6 is 0 Å². The van der Waals surface area contributed by atoms with Gasteiger partial charge in [0.25, 0.3) is 0 Å². The van der Waals surface area contributed by atoms with Crippen LogP contribution in [0.15, 0.2) is 11.6 Å². The molecule has 2 saturated carbocycles. The summed E-state index contributed by atoms with van der Waals surface area (Å²) in [4.78, 5) is 2.27. The fraction of sp³-hybridized carbons (Fsp3) is 0.913. The fourth-order valence-corrected chi connectivity index (χ4v) is 5.89. The second-order valence-electron chi connectivity index (χ2n) is 9.63. The van der Waals surface area contributed by atoms with Crippen molar-refractivity contribution in [3.05, 3.63) is 11.6 Å². The normalized spacial score (nSPS) is 33.0. The molecule has 0 saturated heterocycles. The van der Waals surface area contributed by atoms with Crippen molar-refractivity contribution in [2.75, 3.05) is 20.6 Å². The zero-order valence-corrected chi connectivity index (χ0v) is 17.1. The second kappa shape index (κ2) is 9.71. The topological polar surface area (TPSA) is 43.7 Å². The van der Waals surface area contributed by atoms with E-state index in [0.717, 1.165) is 19.3 Å². The lowest BCUT2D eigenvalue weighted by Gasteiger charge is -2.25. The van der Waals surface area contributed by atoms with Crippen LogP contribution in [0, 0.1) is 23.7 Å². The lowest BCUT2D eigenvalue weighted by molar-refractivity contribution is 0.0676. The molecule has 0 unspecified atom stereocenters. The highest BCUT2D eigenvalue weighted by Crippen LogP contribution is 2.49. The van der Waals surface area contributed by atoms with Crippen molar-refractivity contribution in [3.63, 3.8) is 0 Å². The summed E-state index contributed by atoms with van der Waals surface area (Å²) in [6, 6.07) is 0. The molecule has 150 valence electrons. The summed E-state index contributed by atoms with van der Waals surface area (Å²) in [6.45, 7) is 1.20. The van der Waals surface area contributed by atoms with Gasteiger partial charge in [0.2, 0.25) is 0 Å². The maximum absolute atomic E-state index is 10.5. The quantitative estimate of drug-likeness (QED) is 0.447. The average molecular weight is 364 g/mol. The molecule has 0 spiro atoms. The summed E-state index contributed by atoms with van der Waals surface area (Å²) < 4.78 is 0. The van der Waals surface area contributed by atoms with Gasteiger partial charge in [0, 0.05) is 0 Å². The molecule has 0 bridgehead atoms. The van der Waals surface area contributed by atoms with Gasteiger partial charge in [-0.05, 0) is 102 Å². The summed E-state index contributed by atoms with van der Waals surface area (Å²) >= 11 is 0. The minimum atomic E-state index is -0.140. The molecule has 0 aliphatic heterocycles. The maximum atomic E-state index is 10.5. The van der Waals surface area contributed by atoms with Gasteiger partial charge < -0.3 is 15.1 Å². The van der Waals surface area contributed by atoms with Gasteiger partial charge in [-0.25, -0.2) is 0 Å². The molecule has 2 N–H and O–H groups in total. The first-order valence-electron chi connectivity index (χ1n) is 11.2. The summed E-state index contributed by atoms with van der Waals surface area (Å²) in [6.07, 6.45) is 16.5. The zero-order chi connectivity index (χ0) is 18.5. The Morgan fingerprint density at radius 2 is 1.92 bits per heavy atom. The van der Waals surface area contributed by atoms with Gasteiger partial charge in [0.05, 0.1) is 12.2 Å². The first-order chi connectivity index (χ1) is 12.5. The number of nitrogens with zero attached hydrogens (tertiary/aromatic N) is 1. The van der Waals surface area contributed by atoms with Crippen LogP contribution in [0.25, 0.3) is 0 Å². The predicted octanol–water partition coefficient (Wildman–Crippen LogP) is 4.38. The van der Waals surface area contributed by atoms with E-state index in [1.165, 1.54) is 64.3 Å². The molecular weight excluding hydrogens is 322 g/mol. The molecular formula is C23H41NO2. The Labute approximate surface area is 160 Å². The Hall–Kier alpha value is -0.380. The van der Waals surface area contributed by atoms with Crippen molar-refractivity contribution in [3.8, 4) is 0 Å². The molecule has 0 heterocycles. The molecule has 3 nitrogen and oxygen atoms in total. The van der Waals surface area contributed by atoms with Crippen molar-refractivity contribution >= 4 is 0 Å². The van der Waals surface area contributed by atoms with Crippen LogP contribution in [0.2, 0.25) is 0 Å². The number of unbranched alkanes of at least 4 members (excludes halogenated alkanes) is 2. The third kappa shape index (κ3) is 5.33. The van der Waals surface area contributed by atoms with Gasteiger partial charge in [0.1, 0.15) is 0 Å². The molecule has 0 aromatic heterocycles. The minimum absolute atomic E-state index is 0.130. The van der Waals surface area contributed by atoms with Crippen LogP contribution in [0.3, 0.4) is 0 Å². The zero-order valence-electron chi connectivity index (χ0n) is 17.1. The number of hydrogen-bond acceptors (Lipinski definition) is 3. The molecule has 5 atom stereocenters. The number of hydrogen-bond donors (Lipinski definition) is 2. The highest BCUT2D eigenvalue weighted by molar-refractivity contribution is 5.18. The SMILES string of the molecule is CN(C)CCCCCC1=C[C@H]2C[C@@H](O)[C@H](CC[C@H](O)C3CCCC3)[C@H]2C1. The molecule has 0 radical (unpaired) electrons. The second-order valence-corrected chi connectivity index (χ2v) is 9.63. The number of allylic oxidation sites excluding steroid dienone is 2. The molecule has 0 aromatic carbocycles. The van der Waals surface area contributed by atoms with Crippen molar-refractivity contribution in [1.82, 2.24) is 4.90 Å². The van der Waals surface area contributed by atoms with E-state index in [1.54, 1.807) is 5.57 Å². The Balaban J connectivity index is 1.39. The van der Waals surface area contributed by atoms with Crippen LogP contribution in [0.4, 0.5) is 0 Å². The monoisotopic (exact) mass is 363 g/mol. The molecule has 26 heavy (non-hydrogen) atoms. The fourth-order valence-electron chi connectivity index (χ4n) is 5.89. The minimum Gasteiger partial charge on any atom is -0.393 e. The number of aliphatic hydroxyl groups is 2. The molecule has 3 rings (SSSR count). The Morgan fingerprint density at radius 1 is 1.15 bits per heavy atom. The number of fused-ring (bicyclic) bond motifs is 1. The Kier molecular flexibility index (Phi) is 7.60. The van der Waals surface area contributed by atoms with E-state index in [9.17, 15) is 10.2 Å². The third-order valence-corrected chi connectivity index (χ3v) is 7.40. The first-order valence-corrected chi connectivity index (χ1v) is 11.2. The van der Waals surface area contributed by atoms with E-state index in [0.29, 0.717) is 23.7 Å². The van der Waals surface area contributed by atoms with Gasteiger partial charge in [-0.1, -0.05) is 30.9 Å². The third-order valence-electron chi connectivity index (χ3n) is 7.40. The average Bonchev–Trinajstić information content (AvgIpc) is 3.29. The highest BCUT2D eigenvalue weighted by Gasteiger charge is 2.44. The van der Waals surface area contributed by atoms with Crippen molar-refractivity contribution in [2.45, 2.75) is 89.3 Å². The summed E-state index contributed by atoms with van der Waals surface area (Å²) in [5.41, 5.74) is 1.65. The van der Waals surface area contributed by atoms with Crippen molar-refractivity contribution in [1.29, 1.82) is 0 Å². The van der Waals surface area contributed by atoms with E-state index in [2.05, 4.69) is 25.1 Å². The molecule has 3 heteroatoms. The predicted molar refractivity (Wildman–Crippen MR) is 108 cm³/mol. The van der Waals surface area contributed by atoms with Gasteiger partial charge in [-0.2, -0.15) is 0 Å². The van der Waals surface area contributed by atoms with E-state index in [-0.39, 0.29) is 12.2 Å². The largest absolute Gasteiger partial charge is 0.393 e. The van der Waals surface area contributed by atoms with Crippen LogP contribution in [-0.4, -0.2) is 48.0 Å². The van der Waals surface area contributed by atoms with Gasteiger partial charge in [0.15, 0.2) is 0 Å². The highest BCUT2D eigenvalue weighted by atomic mass is 16.3. The lowest BCUT2D eigenvalue weighted by Crippen LogP contribution is -2.24. The summed E-state index contributed by atoms with van der Waals surface area (Å²) in [5.74, 6) is 2.20. The van der Waals surface area contributed by atoms with Crippen LogP contribution in [0.1, 0.15) is 77.0 Å². The maximum Gasteiger partial charge on any atom is 0.0577 e.